The van der Waals surface area contributed by atoms with Crippen LogP contribution in [0.1, 0.15) is 55.1 Å². The zero-order valence-electron chi connectivity index (χ0n) is 15.0. The van der Waals surface area contributed by atoms with Crippen LogP contribution >= 0.6 is 0 Å². The van der Waals surface area contributed by atoms with E-state index in [1.807, 2.05) is 17.9 Å². The van der Waals surface area contributed by atoms with E-state index in [4.69, 9.17) is 0 Å². The Balaban J connectivity index is 1.47. The van der Waals surface area contributed by atoms with Gasteiger partial charge >= 0.3 is 0 Å². The highest BCUT2D eigenvalue weighted by Crippen LogP contribution is 2.42. The van der Waals surface area contributed by atoms with E-state index in [0.29, 0.717) is 24.6 Å². The fourth-order valence-corrected chi connectivity index (χ4v) is 4.35. The average molecular weight is 341 g/mol. The second-order valence-electron chi connectivity index (χ2n) is 7.94. The van der Waals surface area contributed by atoms with Gasteiger partial charge in [0.1, 0.15) is 0 Å². The first-order chi connectivity index (χ1) is 12.1. The summed E-state index contributed by atoms with van der Waals surface area (Å²) in [4.78, 5) is 34.2. The topological polar surface area (TPSA) is 53.5 Å². The second kappa shape index (κ2) is 6.43. The van der Waals surface area contributed by atoms with E-state index in [2.05, 4.69) is 9.88 Å². The lowest BCUT2D eigenvalue weighted by Gasteiger charge is -2.39. The molecule has 1 atom stereocenters. The number of aromatic nitrogens is 1. The van der Waals surface area contributed by atoms with Crippen LogP contribution in [-0.2, 0) is 11.2 Å². The molecule has 5 nitrogen and oxygen atoms in total. The van der Waals surface area contributed by atoms with Gasteiger partial charge in [-0.3, -0.25) is 14.6 Å². The van der Waals surface area contributed by atoms with Crippen LogP contribution in [0.2, 0.25) is 0 Å². The molecule has 0 unspecified atom stereocenters. The maximum atomic E-state index is 13.1. The van der Waals surface area contributed by atoms with Gasteiger partial charge in [0.15, 0.2) is 0 Å². The van der Waals surface area contributed by atoms with Crippen molar-refractivity contribution in [3.05, 3.63) is 29.6 Å². The van der Waals surface area contributed by atoms with Gasteiger partial charge in [0, 0.05) is 43.6 Å². The second-order valence-corrected chi connectivity index (χ2v) is 7.94. The molecule has 1 aromatic heterocycles. The van der Waals surface area contributed by atoms with Crippen molar-refractivity contribution in [3.8, 4) is 0 Å². The number of likely N-dealkylation sites (tertiary alicyclic amines) is 2. The van der Waals surface area contributed by atoms with Crippen LogP contribution in [0.25, 0.3) is 0 Å². The molecule has 1 saturated carbocycles. The van der Waals surface area contributed by atoms with Crippen molar-refractivity contribution < 1.29 is 9.59 Å². The lowest BCUT2D eigenvalue weighted by atomic mass is 9.78. The average Bonchev–Trinajstić information content (AvgIpc) is 3.36. The van der Waals surface area contributed by atoms with Gasteiger partial charge in [-0.2, -0.15) is 0 Å². The van der Waals surface area contributed by atoms with E-state index < -0.39 is 0 Å². The number of carbonyl (C=O) groups excluding carboxylic acids is 2. The minimum absolute atomic E-state index is 0.0427. The molecule has 134 valence electrons. The van der Waals surface area contributed by atoms with Gasteiger partial charge in [-0.05, 0) is 56.6 Å². The highest BCUT2D eigenvalue weighted by atomic mass is 16.2. The molecule has 2 saturated heterocycles. The maximum Gasteiger partial charge on any atom is 0.254 e. The van der Waals surface area contributed by atoms with E-state index >= 15 is 0 Å². The van der Waals surface area contributed by atoms with Crippen molar-refractivity contribution in [2.75, 3.05) is 26.2 Å². The Labute approximate surface area is 149 Å². The molecule has 0 aromatic carbocycles. The van der Waals surface area contributed by atoms with Crippen LogP contribution in [0.3, 0.4) is 0 Å². The van der Waals surface area contributed by atoms with Crippen molar-refractivity contribution in [1.29, 1.82) is 0 Å². The molecule has 0 bridgehead atoms. The first kappa shape index (κ1) is 16.6. The van der Waals surface area contributed by atoms with Gasteiger partial charge in [0.2, 0.25) is 5.91 Å². The summed E-state index contributed by atoms with van der Waals surface area (Å²) in [7, 11) is 0. The number of hydrogen-bond acceptors (Lipinski definition) is 3. The molecule has 2 aliphatic heterocycles. The zero-order valence-corrected chi connectivity index (χ0v) is 15.0. The monoisotopic (exact) mass is 341 g/mol. The van der Waals surface area contributed by atoms with Crippen molar-refractivity contribution in [1.82, 2.24) is 14.8 Å². The smallest absolute Gasteiger partial charge is 0.254 e. The lowest BCUT2D eigenvalue weighted by molar-refractivity contribution is -0.145. The summed E-state index contributed by atoms with van der Waals surface area (Å²) in [6.07, 6.45) is 7.86. The first-order valence-electron chi connectivity index (χ1n) is 9.65. The third kappa shape index (κ3) is 3.16. The standard InChI is InChI=1S/C20H27N3O2/c1-2-17-12-16(6-9-21-17)18(24)23-11-8-20(14-23)7-3-10-22(19(20)25)13-15-4-5-15/h6,9,12,15H,2-5,7-8,10-11,13-14H2,1H3/t20-/m1/s1. The summed E-state index contributed by atoms with van der Waals surface area (Å²) in [5.41, 5.74) is 1.30. The van der Waals surface area contributed by atoms with Crippen LogP contribution in [0.15, 0.2) is 18.3 Å². The number of piperidine rings is 1. The Hall–Kier alpha value is -1.91. The SMILES string of the molecule is CCc1cc(C(=O)N2CC[C@]3(CCCN(CC4CC4)C3=O)C2)ccn1. The largest absolute Gasteiger partial charge is 0.342 e. The number of amides is 2. The molecule has 25 heavy (non-hydrogen) atoms. The fraction of sp³-hybridized carbons (Fsp3) is 0.650. The Kier molecular flexibility index (Phi) is 4.26. The predicted molar refractivity (Wildman–Crippen MR) is 95.1 cm³/mol. The Morgan fingerprint density at radius 2 is 2.16 bits per heavy atom. The minimum atomic E-state index is -0.330. The van der Waals surface area contributed by atoms with E-state index in [-0.39, 0.29) is 11.3 Å². The third-order valence-corrected chi connectivity index (χ3v) is 6.07. The first-order valence-corrected chi connectivity index (χ1v) is 9.65. The zero-order chi connectivity index (χ0) is 17.4. The lowest BCUT2D eigenvalue weighted by Crippen LogP contribution is -2.50. The van der Waals surface area contributed by atoms with Crippen molar-refractivity contribution in [2.45, 2.75) is 45.4 Å². The molecule has 0 radical (unpaired) electrons. The normalized spacial score (nSPS) is 26.5. The van der Waals surface area contributed by atoms with Crippen LogP contribution in [0.5, 0.6) is 0 Å². The third-order valence-electron chi connectivity index (χ3n) is 6.07. The van der Waals surface area contributed by atoms with Gasteiger partial charge in [-0.1, -0.05) is 6.92 Å². The highest BCUT2D eigenvalue weighted by Gasteiger charge is 2.50. The predicted octanol–water partition coefficient (Wildman–Crippen LogP) is 2.51. The van der Waals surface area contributed by atoms with Gasteiger partial charge in [0.05, 0.1) is 5.41 Å². The summed E-state index contributed by atoms with van der Waals surface area (Å²) in [6, 6.07) is 3.67. The van der Waals surface area contributed by atoms with E-state index in [0.717, 1.165) is 50.4 Å². The van der Waals surface area contributed by atoms with Crippen LogP contribution in [0.4, 0.5) is 0 Å². The number of nitrogens with zero attached hydrogens (tertiary/aromatic N) is 3. The molecule has 0 N–H and O–H groups in total. The van der Waals surface area contributed by atoms with E-state index in [9.17, 15) is 9.59 Å². The Morgan fingerprint density at radius 3 is 2.92 bits per heavy atom. The molecular formula is C20H27N3O2. The summed E-state index contributed by atoms with van der Waals surface area (Å²) >= 11 is 0. The van der Waals surface area contributed by atoms with Gasteiger partial charge in [-0.25, -0.2) is 0 Å². The summed E-state index contributed by atoms with van der Waals surface area (Å²) < 4.78 is 0. The number of aryl methyl sites for hydroxylation is 1. The quantitative estimate of drug-likeness (QED) is 0.845. The number of rotatable bonds is 4. The molecular weight excluding hydrogens is 314 g/mol. The van der Waals surface area contributed by atoms with Gasteiger partial charge < -0.3 is 9.80 Å². The van der Waals surface area contributed by atoms with Crippen LogP contribution < -0.4 is 0 Å². The van der Waals surface area contributed by atoms with Gasteiger partial charge in [0.25, 0.3) is 5.91 Å². The molecule has 1 aromatic rings. The Bertz CT molecular complexity index is 685. The minimum Gasteiger partial charge on any atom is -0.342 e. The molecule has 2 amide bonds. The summed E-state index contributed by atoms with van der Waals surface area (Å²) in [5, 5.41) is 0. The maximum absolute atomic E-state index is 13.1. The fourth-order valence-electron chi connectivity index (χ4n) is 4.35. The highest BCUT2D eigenvalue weighted by molar-refractivity contribution is 5.95. The molecule has 1 aliphatic carbocycles. The number of pyridine rings is 1. The molecule has 4 rings (SSSR count). The Morgan fingerprint density at radius 1 is 1.32 bits per heavy atom. The molecule has 5 heteroatoms. The van der Waals surface area contributed by atoms with Gasteiger partial charge in [-0.15, -0.1) is 0 Å². The summed E-state index contributed by atoms with van der Waals surface area (Å²) in [5.74, 6) is 1.06. The van der Waals surface area contributed by atoms with Crippen molar-refractivity contribution in [3.63, 3.8) is 0 Å². The van der Waals surface area contributed by atoms with Crippen LogP contribution in [-0.4, -0.2) is 52.8 Å². The number of carbonyl (C=O) groups is 2. The molecule has 1 spiro atoms. The molecule has 3 heterocycles. The van der Waals surface area contributed by atoms with E-state index in [1.165, 1.54) is 12.8 Å². The van der Waals surface area contributed by atoms with Crippen molar-refractivity contribution >= 4 is 11.8 Å². The molecule has 3 fully saturated rings. The number of hydrogen-bond donors (Lipinski definition) is 0. The van der Waals surface area contributed by atoms with Crippen molar-refractivity contribution in [2.24, 2.45) is 11.3 Å². The van der Waals surface area contributed by atoms with E-state index in [1.54, 1.807) is 12.3 Å². The summed E-state index contributed by atoms with van der Waals surface area (Å²) in [6.45, 7) is 5.13. The van der Waals surface area contributed by atoms with Crippen LogP contribution in [0, 0.1) is 11.3 Å². The molecule has 3 aliphatic rings.